The van der Waals surface area contributed by atoms with Crippen molar-refractivity contribution in [1.82, 2.24) is 0 Å². The highest BCUT2D eigenvalue weighted by molar-refractivity contribution is 7.70. The van der Waals surface area contributed by atoms with Crippen LogP contribution in [0.1, 0.15) is 6.92 Å². The quantitative estimate of drug-likeness (QED) is 0.428. The van der Waals surface area contributed by atoms with Gasteiger partial charge < -0.3 is 0 Å². The maximum absolute atomic E-state index is 9.48. The van der Waals surface area contributed by atoms with Gasteiger partial charge in [0.2, 0.25) is 0 Å². The third-order valence-electron chi connectivity index (χ3n) is 0.247. The summed E-state index contributed by atoms with van der Waals surface area (Å²) in [7, 11) is -1.57. The Morgan fingerprint density at radius 3 is 2.20 bits per heavy atom. The Morgan fingerprint density at radius 1 is 2.00 bits per heavy atom. The van der Waals surface area contributed by atoms with E-state index in [1.54, 1.807) is 6.92 Å². The van der Waals surface area contributed by atoms with E-state index in [1.807, 2.05) is 0 Å². The normalized spacial score (nSPS) is 7.20. The minimum atomic E-state index is -1.57. The fourth-order valence-corrected chi connectivity index (χ4v) is 0. The molecule has 0 aromatic carbocycles. The molecule has 0 aromatic rings. The molecule has 0 heterocycles. The molecule has 2 nitrogen and oxygen atoms in total. The van der Waals surface area contributed by atoms with Crippen LogP contribution in [0.2, 0.25) is 0 Å². The fraction of sp³-hybridized carbons (Fsp3) is 1.00. The smallest absolute Gasteiger partial charge is 0.160 e. The van der Waals surface area contributed by atoms with E-state index < -0.39 is 10.4 Å². The molecule has 0 bridgehead atoms. The summed E-state index contributed by atoms with van der Waals surface area (Å²) >= 11 is 0. The van der Waals surface area contributed by atoms with Crippen molar-refractivity contribution in [2.45, 2.75) is 6.92 Å². The molecule has 0 saturated carbocycles. The van der Waals surface area contributed by atoms with Crippen LogP contribution in [-0.2, 0) is 10.4 Å². The third-order valence-corrected chi connectivity index (χ3v) is 0.741. The first kappa shape index (κ1) is 4.73. The Balaban J connectivity index is 3.39. The summed E-state index contributed by atoms with van der Waals surface area (Å²) in [6.07, 6.45) is 0. The third kappa shape index (κ3) is 3.73. The zero-order valence-electron chi connectivity index (χ0n) is 2.97. The molecule has 0 aromatic heterocycles. The van der Waals surface area contributed by atoms with Crippen molar-refractivity contribution in [2.24, 2.45) is 0 Å². The Labute approximate surface area is 32.9 Å². The van der Waals surface area contributed by atoms with Gasteiger partial charge in [-0.05, 0) is 6.92 Å². The molecule has 0 aliphatic carbocycles. The molecule has 0 saturated heterocycles. The lowest BCUT2D eigenvalue weighted by molar-refractivity contribution is 0.690. The molecule has 0 aliphatic heterocycles. The lowest BCUT2D eigenvalue weighted by Gasteiger charge is -1.53. The Hall–Kier alpha value is -0.270. The Kier molecular flexibility index (Phi) is 1.89. The van der Waals surface area contributed by atoms with Crippen molar-refractivity contribution in [3.63, 3.8) is 0 Å². The second-order valence-electron chi connectivity index (χ2n) is 0.610. The molecular formula is C2H5NOS. The Morgan fingerprint density at radius 2 is 2.20 bits per heavy atom. The van der Waals surface area contributed by atoms with Crippen LogP contribution in [0.25, 0.3) is 0 Å². The van der Waals surface area contributed by atoms with E-state index in [0.717, 1.165) is 0 Å². The Bertz CT molecular complexity index is 111. The van der Waals surface area contributed by atoms with Crippen LogP contribution in [0.15, 0.2) is 0 Å². The summed E-state index contributed by atoms with van der Waals surface area (Å²) in [5, 5.41) is 0. The first-order valence-electron chi connectivity index (χ1n) is 1.35. The van der Waals surface area contributed by atoms with Crippen molar-refractivity contribution in [1.29, 1.82) is 4.61 Å². The highest BCUT2D eigenvalue weighted by atomic mass is 32.2. The molecular weight excluding hydrogens is 86.1 g/mol. The van der Waals surface area contributed by atoms with Gasteiger partial charge in [-0.15, -0.1) is 4.61 Å². The number of hydrogen-bond donors (Lipinski definition) is 0. The van der Waals surface area contributed by atoms with Gasteiger partial charge in [-0.3, -0.25) is 0 Å². The van der Waals surface area contributed by atoms with Crippen LogP contribution in [-0.4, -0.2) is 9.96 Å². The van der Waals surface area contributed by atoms with Gasteiger partial charge in [0.05, 0.1) is 5.75 Å². The number of rotatable bonds is 0. The van der Waals surface area contributed by atoms with E-state index in [4.69, 9.17) is 4.61 Å². The summed E-state index contributed by atoms with van der Waals surface area (Å²) in [5.74, 6) is 0.333. The molecule has 0 radical (unpaired) electrons. The monoisotopic (exact) mass is 91.0 g/mol. The van der Waals surface area contributed by atoms with Gasteiger partial charge in [0, 0.05) is 0 Å². The van der Waals surface area contributed by atoms with Crippen molar-refractivity contribution in [3.8, 4) is 0 Å². The molecule has 3 heteroatoms. The topological polar surface area (TPSA) is 40.9 Å². The van der Waals surface area contributed by atoms with Gasteiger partial charge in [-0.25, -0.2) is 0 Å². The average Bonchev–Trinajstić information content (AvgIpc) is 1.38. The van der Waals surface area contributed by atoms with E-state index in [-0.39, 0.29) is 0 Å². The van der Waals surface area contributed by atoms with Crippen LogP contribution < -0.4 is 0 Å². The first-order chi connectivity index (χ1) is 2.27. The molecule has 5 heavy (non-hydrogen) atoms. The van der Waals surface area contributed by atoms with Gasteiger partial charge >= 0.3 is 0 Å². The molecule has 0 atom stereocenters. The molecule has 0 amide bonds. The second-order valence-corrected chi connectivity index (χ2v) is 1.83. The molecule has 0 spiro atoms. The zero-order valence-corrected chi connectivity index (χ0v) is 3.79. The van der Waals surface area contributed by atoms with Crippen molar-refractivity contribution >= 4 is 10.4 Å². The van der Waals surface area contributed by atoms with Gasteiger partial charge in [-0.2, -0.15) is 4.21 Å². The van der Waals surface area contributed by atoms with E-state index in [0.29, 0.717) is 5.75 Å². The van der Waals surface area contributed by atoms with E-state index in [2.05, 4.69) is 0 Å². The average molecular weight is 91.1 g/mol. The number of nitrogens with zero attached hydrogens (tertiary/aromatic N) is 1. The molecule has 0 aliphatic rings. The van der Waals surface area contributed by atoms with Crippen LogP contribution >= 0.6 is 0 Å². The highest BCUT2D eigenvalue weighted by Gasteiger charge is 1.64. The molecule has 30 valence electrons. The summed E-state index contributed by atoms with van der Waals surface area (Å²) in [5.41, 5.74) is 0. The zero-order chi connectivity index (χ0) is 4.28. The van der Waals surface area contributed by atoms with Crippen molar-refractivity contribution in [2.75, 3.05) is 5.75 Å². The molecule has 0 fully saturated rings. The van der Waals surface area contributed by atoms with Gasteiger partial charge in [0.15, 0.2) is 10.4 Å². The fourth-order valence-electron chi connectivity index (χ4n) is 0. The van der Waals surface area contributed by atoms with E-state index >= 15 is 0 Å². The van der Waals surface area contributed by atoms with Gasteiger partial charge in [-0.1, -0.05) is 0 Å². The van der Waals surface area contributed by atoms with Gasteiger partial charge in [0.1, 0.15) is 0 Å². The minimum absolute atomic E-state index is 0.333. The number of hydrogen-bond acceptors (Lipinski definition) is 2. The largest absolute Gasteiger partial charge is 0.196 e. The predicted octanol–water partition coefficient (Wildman–Crippen LogP) is 0.234. The SMILES string of the molecule is CCS(#N)=O. The standard InChI is InChI=1S/C2H5NOS/c1-2-5(3)4/h2H2,1H3. The lowest BCUT2D eigenvalue weighted by atomic mass is 11.0. The van der Waals surface area contributed by atoms with E-state index in [9.17, 15) is 4.21 Å². The summed E-state index contributed by atoms with van der Waals surface area (Å²) in [6, 6.07) is 0. The van der Waals surface area contributed by atoms with Crippen molar-refractivity contribution < 1.29 is 4.21 Å². The predicted molar refractivity (Wildman–Crippen MR) is 20.4 cm³/mol. The van der Waals surface area contributed by atoms with Gasteiger partial charge in [0.25, 0.3) is 0 Å². The maximum Gasteiger partial charge on any atom is 0.160 e. The minimum Gasteiger partial charge on any atom is -0.196 e. The second kappa shape index (κ2) is 2.00. The summed E-state index contributed by atoms with van der Waals surface area (Å²) < 4.78 is 17.3. The van der Waals surface area contributed by atoms with E-state index in [1.165, 1.54) is 0 Å². The maximum atomic E-state index is 9.48. The van der Waals surface area contributed by atoms with Crippen LogP contribution in [0.3, 0.4) is 0 Å². The first-order valence-corrected chi connectivity index (χ1v) is 2.62. The summed E-state index contributed by atoms with van der Waals surface area (Å²) in [4.78, 5) is 0. The van der Waals surface area contributed by atoms with Crippen LogP contribution in [0.5, 0.6) is 0 Å². The molecule has 0 rings (SSSR count). The van der Waals surface area contributed by atoms with Crippen LogP contribution in [0.4, 0.5) is 0 Å². The lowest BCUT2D eigenvalue weighted by Crippen LogP contribution is -1.67. The molecule has 0 unspecified atom stereocenters. The van der Waals surface area contributed by atoms with Crippen LogP contribution in [0, 0.1) is 4.61 Å². The highest BCUT2D eigenvalue weighted by Crippen LogP contribution is 1.51. The van der Waals surface area contributed by atoms with Crippen molar-refractivity contribution in [3.05, 3.63) is 0 Å². The molecule has 0 N–H and O–H groups in total. The summed E-state index contributed by atoms with van der Waals surface area (Å²) in [6.45, 7) is 1.65.